The number of hydrogen-bond donors (Lipinski definition) is 1. The second-order valence-corrected chi connectivity index (χ2v) is 19.3. The van der Waals surface area contributed by atoms with Gasteiger partial charge in [-0.3, -0.25) is 32.6 Å². The first-order valence-corrected chi connectivity index (χ1v) is 22.5. The van der Waals surface area contributed by atoms with E-state index in [9.17, 15) is 24.2 Å². The number of aromatic nitrogens is 4. The first kappa shape index (κ1) is 48.7. The van der Waals surface area contributed by atoms with Crippen LogP contribution >= 0.6 is 16.1 Å². The molecule has 0 saturated carbocycles. The van der Waals surface area contributed by atoms with E-state index in [1.54, 1.807) is 69.5 Å². The van der Waals surface area contributed by atoms with Gasteiger partial charge in [-0.05, 0) is 67.0 Å². The Labute approximate surface area is 352 Å². The fourth-order valence-electron chi connectivity index (χ4n) is 6.00. The minimum absolute atomic E-state index is 0.0334. The Hall–Kier alpha value is -3.95. The zero-order valence-electron chi connectivity index (χ0n) is 35.8. The number of imidazole rings is 1. The molecule has 3 unspecified atom stereocenters. The van der Waals surface area contributed by atoms with Gasteiger partial charge in [0.05, 0.1) is 49.0 Å². The fourth-order valence-corrected chi connectivity index (χ4v) is 9.10. The Morgan fingerprint density at radius 3 is 2.27 bits per heavy atom. The number of hydrogen-bond acceptors (Lipinski definition) is 17. The van der Waals surface area contributed by atoms with Crippen LogP contribution in [0.5, 0.6) is 0 Å². The van der Waals surface area contributed by atoms with Crippen LogP contribution in [0.1, 0.15) is 91.7 Å². The molecule has 3 aromatic rings. The van der Waals surface area contributed by atoms with E-state index in [1.165, 1.54) is 19.8 Å². The fraction of sp³-hybridized carbons (Fsp3) is 0.615. The summed E-state index contributed by atoms with van der Waals surface area (Å²) >= 11 is 0. The van der Waals surface area contributed by atoms with Crippen LogP contribution in [0.3, 0.4) is 0 Å². The minimum atomic E-state index is -4.18. The molecule has 0 bridgehead atoms. The highest BCUT2D eigenvalue weighted by Gasteiger charge is 2.50. The molecule has 1 fully saturated rings. The lowest BCUT2D eigenvalue weighted by Crippen LogP contribution is -2.40. The number of nitriles is 1. The highest BCUT2D eigenvalue weighted by Crippen LogP contribution is 2.53. The average molecular weight is 878 g/mol. The predicted molar refractivity (Wildman–Crippen MR) is 220 cm³/mol. The van der Waals surface area contributed by atoms with Gasteiger partial charge in [0.15, 0.2) is 23.2 Å². The molecule has 1 aliphatic heterocycles. The summed E-state index contributed by atoms with van der Waals surface area (Å²) in [6, 6.07) is 10.7. The topological polar surface area (TPSA) is 225 Å². The first-order chi connectivity index (χ1) is 28.4. The molecule has 1 amide bonds. The number of amides is 1. The summed E-state index contributed by atoms with van der Waals surface area (Å²) in [6.07, 6.45) is -1.06. The third-order valence-electron chi connectivity index (χ3n) is 8.99. The lowest BCUT2D eigenvalue weighted by Gasteiger charge is -2.38. The number of ether oxygens (including phenoxy) is 4. The Morgan fingerprint density at radius 1 is 1.00 bits per heavy atom. The smallest absolute Gasteiger partial charge is 0.336 e. The van der Waals surface area contributed by atoms with Gasteiger partial charge < -0.3 is 33.3 Å². The van der Waals surface area contributed by atoms with E-state index in [0.717, 1.165) is 0 Å². The minimum Gasteiger partial charge on any atom is -0.438 e. The summed E-state index contributed by atoms with van der Waals surface area (Å²) in [6.45, 7) is 15.0. The Kier molecular flexibility index (Phi) is 18.1. The van der Waals surface area contributed by atoms with Gasteiger partial charge in [-0.2, -0.15) is 5.26 Å². The van der Waals surface area contributed by atoms with E-state index in [4.69, 9.17) is 37.0 Å². The zero-order chi connectivity index (χ0) is 44.2. The number of carbonyl (C=O) groups excluding carboxylic acids is 3. The van der Waals surface area contributed by atoms with Gasteiger partial charge in [0.25, 0.3) is 14.4 Å². The molecule has 6 atom stereocenters. The molecule has 0 radical (unpaired) electrons. The van der Waals surface area contributed by atoms with Crippen molar-refractivity contribution < 1.29 is 56.0 Å². The van der Waals surface area contributed by atoms with E-state index >= 15 is 0 Å². The lowest BCUT2D eigenvalue weighted by molar-refractivity contribution is -0.160. The van der Waals surface area contributed by atoms with Crippen molar-refractivity contribution >= 4 is 50.9 Å². The normalized spacial score (nSPS) is 19.8. The largest absolute Gasteiger partial charge is 0.438 e. The Morgan fingerprint density at radius 2 is 1.67 bits per heavy atom. The van der Waals surface area contributed by atoms with Crippen LogP contribution < -0.4 is 5.32 Å². The summed E-state index contributed by atoms with van der Waals surface area (Å²) in [5, 5.41) is 12.1. The highest BCUT2D eigenvalue weighted by molar-refractivity contribution is 7.53. The van der Waals surface area contributed by atoms with Crippen LogP contribution in [0.4, 0.5) is 5.82 Å². The standard InChI is InChI=1S/C39H57N7O12P2/c1-25(2)37(48)52-23-55-60(50,56-24-53-38(49)39(7,8)9)20-17-29-31(58-59(54-19-14-18-40)46(26(3)4)27(5)6)32(51-10)36(57-29)45-22-43-30-33(41-21-42-34(30)45)44-35(47)28-15-12-11-13-16-28/h11-13,15-16,21-22,25-27,29,31-32,36H,14,17,19-20,23-24H2,1-10H3,(H,41,42,44,47)/t29-,31-,32-,36?,59?,60?/m1/s1. The number of methoxy groups -OCH3 is 1. The number of fused-ring (bicyclic) bond motifs is 1. The van der Waals surface area contributed by atoms with Crippen molar-refractivity contribution in [2.75, 3.05) is 38.8 Å². The second-order valence-electron chi connectivity index (χ2n) is 15.7. The lowest BCUT2D eigenvalue weighted by atomic mass is 9.98. The van der Waals surface area contributed by atoms with Crippen molar-refractivity contribution in [2.24, 2.45) is 11.3 Å². The molecule has 1 N–H and O–H groups in total. The molecule has 1 saturated heterocycles. The van der Waals surface area contributed by atoms with Crippen LogP contribution in [-0.4, -0.2) is 106 Å². The highest BCUT2D eigenvalue weighted by atomic mass is 31.2. The summed E-state index contributed by atoms with van der Waals surface area (Å²) in [7, 11) is -4.53. The molecule has 3 heterocycles. The average Bonchev–Trinajstić information content (AvgIpc) is 3.78. The van der Waals surface area contributed by atoms with E-state index in [-0.39, 0.29) is 49.0 Å². The molecule has 1 aromatic carbocycles. The van der Waals surface area contributed by atoms with Crippen molar-refractivity contribution in [1.82, 2.24) is 24.2 Å². The van der Waals surface area contributed by atoms with E-state index in [0.29, 0.717) is 11.2 Å². The first-order valence-electron chi connectivity index (χ1n) is 19.6. The maximum absolute atomic E-state index is 14.3. The van der Waals surface area contributed by atoms with Gasteiger partial charge in [0.1, 0.15) is 18.5 Å². The molecular weight excluding hydrogens is 820 g/mol. The van der Waals surface area contributed by atoms with Crippen molar-refractivity contribution in [1.29, 1.82) is 5.26 Å². The van der Waals surface area contributed by atoms with Crippen molar-refractivity contribution in [2.45, 2.75) is 112 Å². The molecule has 0 spiro atoms. The zero-order valence-corrected chi connectivity index (χ0v) is 37.6. The van der Waals surface area contributed by atoms with Crippen molar-refractivity contribution in [3.05, 3.63) is 48.5 Å². The number of carbonyl (C=O) groups is 3. The van der Waals surface area contributed by atoms with Crippen LogP contribution in [0.15, 0.2) is 43.0 Å². The van der Waals surface area contributed by atoms with E-state index in [2.05, 4.69) is 31.0 Å². The molecule has 0 aliphatic carbocycles. The molecule has 4 rings (SSSR count). The molecule has 19 nitrogen and oxygen atoms in total. The van der Waals surface area contributed by atoms with Gasteiger partial charge >= 0.3 is 19.5 Å². The third-order valence-corrected chi connectivity index (χ3v) is 12.9. The molecule has 2 aromatic heterocycles. The molecular formula is C39H57N7O12P2. The number of nitrogens with zero attached hydrogens (tertiary/aromatic N) is 6. The number of esters is 2. The van der Waals surface area contributed by atoms with Crippen LogP contribution in [0, 0.1) is 22.7 Å². The number of rotatable bonds is 22. The van der Waals surface area contributed by atoms with Crippen molar-refractivity contribution in [3.63, 3.8) is 0 Å². The Bertz CT molecular complexity index is 1960. The Balaban J connectivity index is 1.71. The number of nitrogens with one attached hydrogen (secondary N) is 1. The summed E-state index contributed by atoms with van der Waals surface area (Å²) < 4.78 is 65.5. The van der Waals surface area contributed by atoms with Crippen LogP contribution in [0.25, 0.3) is 11.2 Å². The summed E-state index contributed by atoms with van der Waals surface area (Å²) in [4.78, 5) is 51.1. The molecule has 1 aliphatic rings. The predicted octanol–water partition coefficient (Wildman–Crippen LogP) is 6.97. The number of anilines is 1. The molecule has 330 valence electrons. The van der Waals surface area contributed by atoms with Gasteiger partial charge in [0.2, 0.25) is 13.6 Å². The maximum Gasteiger partial charge on any atom is 0.336 e. The molecule has 21 heteroatoms. The monoisotopic (exact) mass is 877 g/mol. The SMILES string of the molecule is CO[C@H]1C(n2cnc3c(NC(=O)c4ccccc4)ncnc32)O[C@H](CCP(=O)(OCOC(=O)C(C)C)OCOC(=O)C(C)(C)C)[C@H]1OP(OCCC#N)N(C(C)C)C(C)C. The van der Waals surface area contributed by atoms with Gasteiger partial charge in [0, 0.05) is 24.8 Å². The molecule has 60 heavy (non-hydrogen) atoms. The van der Waals surface area contributed by atoms with Gasteiger partial charge in [-0.1, -0.05) is 32.0 Å². The van der Waals surface area contributed by atoms with Crippen LogP contribution in [0.2, 0.25) is 0 Å². The van der Waals surface area contributed by atoms with Gasteiger partial charge in [-0.25, -0.2) is 19.6 Å². The van der Waals surface area contributed by atoms with Crippen LogP contribution in [-0.2, 0) is 51.2 Å². The quantitative estimate of drug-likeness (QED) is 0.0465. The van der Waals surface area contributed by atoms with E-state index < -0.39 is 83.4 Å². The third kappa shape index (κ3) is 13.0. The summed E-state index contributed by atoms with van der Waals surface area (Å²) in [5.74, 6) is -1.87. The summed E-state index contributed by atoms with van der Waals surface area (Å²) in [5.41, 5.74) is 0.146. The van der Waals surface area contributed by atoms with Gasteiger partial charge in [-0.15, -0.1) is 0 Å². The number of benzene rings is 1. The van der Waals surface area contributed by atoms with Crippen molar-refractivity contribution in [3.8, 4) is 6.07 Å². The second kappa shape index (κ2) is 22.2. The maximum atomic E-state index is 14.3. The van der Waals surface area contributed by atoms with E-state index in [1.807, 2.05) is 27.7 Å².